The van der Waals surface area contributed by atoms with Crippen LogP contribution in [0, 0.1) is 11.6 Å². The van der Waals surface area contributed by atoms with Crippen molar-refractivity contribution in [2.45, 2.75) is 18.9 Å². The predicted octanol–water partition coefficient (Wildman–Crippen LogP) is 3.22. The van der Waals surface area contributed by atoms with Crippen LogP contribution in [0.25, 0.3) is 0 Å². The van der Waals surface area contributed by atoms with Gasteiger partial charge in [-0.05, 0) is 12.1 Å². The number of hydrogen-bond donors (Lipinski definition) is 1. The number of piperazine rings is 1. The minimum Gasteiger partial charge on any atom is -0.314 e. The maximum Gasteiger partial charge on any atom is 0.240 e. The minimum atomic E-state index is -2.65. The Labute approximate surface area is 119 Å². The monoisotopic (exact) mass is 310 g/mol. The average Bonchev–Trinajstić information content (AvgIpc) is 2.43. The van der Waals surface area contributed by atoms with Gasteiger partial charge in [0, 0.05) is 44.2 Å². The third-order valence-electron chi connectivity index (χ3n) is 3.41. The van der Waals surface area contributed by atoms with Crippen LogP contribution in [0.15, 0.2) is 12.1 Å². The SMILES string of the molecule is Fc1ccc(Cl)c(F)c1[C@H](CC(F)F)N1CCNCC1. The fourth-order valence-electron chi connectivity index (χ4n) is 2.46. The van der Waals surface area contributed by atoms with Gasteiger partial charge in [0.1, 0.15) is 11.6 Å². The van der Waals surface area contributed by atoms with Crippen LogP contribution in [0.5, 0.6) is 0 Å². The van der Waals surface area contributed by atoms with Crippen molar-refractivity contribution in [1.29, 1.82) is 0 Å². The van der Waals surface area contributed by atoms with Gasteiger partial charge in [0.2, 0.25) is 6.43 Å². The predicted molar refractivity (Wildman–Crippen MR) is 69.2 cm³/mol. The first-order valence-corrected chi connectivity index (χ1v) is 6.74. The van der Waals surface area contributed by atoms with E-state index in [4.69, 9.17) is 11.6 Å². The Hall–Kier alpha value is -0.850. The van der Waals surface area contributed by atoms with Crippen molar-refractivity contribution < 1.29 is 17.6 Å². The fraction of sp³-hybridized carbons (Fsp3) is 0.538. The molecule has 0 amide bonds. The molecule has 7 heteroatoms. The molecule has 2 rings (SSSR count). The number of hydrogen-bond acceptors (Lipinski definition) is 2. The molecule has 0 radical (unpaired) electrons. The highest BCUT2D eigenvalue weighted by molar-refractivity contribution is 6.30. The third kappa shape index (κ3) is 3.42. The fourth-order valence-corrected chi connectivity index (χ4v) is 2.63. The summed E-state index contributed by atoms with van der Waals surface area (Å²) in [7, 11) is 0. The standard InChI is InChI=1S/C13H15ClF4N2/c14-8-1-2-9(15)12(13(8)18)10(7-11(16)17)20-5-3-19-4-6-20/h1-2,10-11,19H,3-7H2/t10-/m0/s1. The summed E-state index contributed by atoms with van der Waals surface area (Å²) in [6.45, 7) is 2.12. The van der Waals surface area contributed by atoms with Crippen LogP contribution < -0.4 is 5.32 Å². The second-order valence-electron chi connectivity index (χ2n) is 4.69. The molecular weight excluding hydrogens is 296 g/mol. The van der Waals surface area contributed by atoms with Gasteiger partial charge in [0.25, 0.3) is 0 Å². The Balaban J connectivity index is 2.37. The number of halogens is 5. The van der Waals surface area contributed by atoms with Gasteiger partial charge in [-0.1, -0.05) is 11.6 Å². The Morgan fingerprint density at radius 3 is 2.45 bits per heavy atom. The summed E-state index contributed by atoms with van der Waals surface area (Å²) >= 11 is 5.65. The topological polar surface area (TPSA) is 15.3 Å². The van der Waals surface area contributed by atoms with Gasteiger partial charge in [-0.15, -0.1) is 0 Å². The number of benzene rings is 1. The summed E-state index contributed by atoms with van der Waals surface area (Å²) in [5, 5.41) is 2.82. The summed E-state index contributed by atoms with van der Waals surface area (Å²) in [5.74, 6) is -1.79. The van der Waals surface area contributed by atoms with Crippen LogP contribution >= 0.6 is 11.6 Å². The average molecular weight is 311 g/mol. The van der Waals surface area contributed by atoms with Gasteiger partial charge in [-0.3, -0.25) is 4.90 Å². The molecule has 0 saturated carbocycles. The van der Waals surface area contributed by atoms with E-state index in [1.807, 2.05) is 0 Å². The maximum atomic E-state index is 14.1. The van der Waals surface area contributed by atoms with E-state index < -0.39 is 30.5 Å². The van der Waals surface area contributed by atoms with Crippen LogP contribution in [-0.4, -0.2) is 37.5 Å². The molecule has 1 saturated heterocycles. The molecule has 20 heavy (non-hydrogen) atoms. The molecule has 0 aliphatic carbocycles. The Bertz CT molecular complexity index is 464. The molecular formula is C13H15ClF4N2. The highest BCUT2D eigenvalue weighted by atomic mass is 35.5. The van der Waals surface area contributed by atoms with Crippen LogP contribution in [0.2, 0.25) is 5.02 Å². The van der Waals surface area contributed by atoms with Crippen molar-refractivity contribution >= 4 is 11.6 Å². The summed E-state index contributed by atoms with van der Waals surface area (Å²) in [4.78, 5) is 1.67. The molecule has 112 valence electrons. The minimum absolute atomic E-state index is 0.254. The summed E-state index contributed by atoms with van der Waals surface area (Å²) in [6, 6.07) is 1.10. The lowest BCUT2D eigenvalue weighted by atomic mass is 10.00. The molecule has 2 nitrogen and oxygen atoms in total. The Kier molecular flexibility index (Phi) is 5.23. The molecule has 0 bridgehead atoms. The summed E-state index contributed by atoms with van der Waals surface area (Å²) in [5.41, 5.74) is -0.361. The second kappa shape index (κ2) is 6.74. The first-order valence-electron chi connectivity index (χ1n) is 6.37. The Morgan fingerprint density at radius 2 is 1.85 bits per heavy atom. The van der Waals surface area contributed by atoms with Gasteiger partial charge in [-0.2, -0.15) is 0 Å². The van der Waals surface area contributed by atoms with E-state index in [2.05, 4.69) is 5.32 Å². The molecule has 1 aromatic rings. The highest BCUT2D eigenvalue weighted by Gasteiger charge is 2.30. The first-order chi connectivity index (χ1) is 9.50. The van der Waals surface area contributed by atoms with Crippen LogP contribution in [0.3, 0.4) is 0 Å². The molecule has 0 unspecified atom stereocenters. The lowest BCUT2D eigenvalue weighted by Crippen LogP contribution is -2.46. The van der Waals surface area contributed by atoms with Gasteiger partial charge < -0.3 is 5.32 Å². The van der Waals surface area contributed by atoms with Crippen molar-refractivity contribution in [3.8, 4) is 0 Å². The second-order valence-corrected chi connectivity index (χ2v) is 5.09. The van der Waals surface area contributed by atoms with Crippen molar-refractivity contribution in [2.24, 2.45) is 0 Å². The first kappa shape index (κ1) is 15.5. The van der Waals surface area contributed by atoms with E-state index in [0.717, 1.165) is 12.1 Å². The molecule has 1 aliphatic heterocycles. The van der Waals surface area contributed by atoms with E-state index in [0.29, 0.717) is 26.2 Å². The van der Waals surface area contributed by atoms with Gasteiger partial charge >= 0.3 is 0 Å². The van der Waals surface area contributed by atoms with Gasteiger partial charge in [-0.25, -0.2) is 17.6 Å². The lowest BCUT2D eigenvalue weighted by molar-refractivity contribution is 0.0710. The Morgan fingerprint density at radius 1 is 1.20 bits per heavy atom. The zero-order valence-electron chi connectivity index (χ0n) is 10.7. The zero-order chi connectivity index (χ0) is 14.7. The number of nitrogens with zero attached hydrogens (tertiary/aromatic N) is 1. The van der Waals surface area contributed by atoms with Gasteiger partial charge in [0.05, 0.1) is 5.02 Å². The zero-order valence-corrected chi connectivity index (χ0v) is 11.4. The van der Waals surface area contributed by atoms with Crippen LogP contribution in [0.1, 0.15) is 18.0 Å². The van der Waals surface area contributed by atoms with Crippen molar-refractivity contribution in [1.82, 2.24) is 10.2 Å². The molecule has 0 spiro atoms. The van der Waals surface area contributed by atoms with Crippen LogP contribution in [0.4, 0.5) is 17.6 Å². The quantitative estimate of drug-likeness (QED) is 0.678. The van der Waals surface area contributed by atoms with E-state index in [-0.39, 0.29) is 10.6 Å². The molecule has 1 aliphatic rings. The largest absolute Gasteiger partial charge is 0.314 e. The lowest BCUT2D eigenvalue weighted by Gasteiger charge is -2.35. The van der Waals surface area contributed by atoms with E-state index in [9.17, 15) is 17.6 Å². The molecule has 1 N–H and O–H groups in total. The summed E-state index contributed by atoms with van der Waals surface area (Å²) < 4.78 is 53.5. The van der Waals surface area contributed by atoms with Crippen molar-refractivity contribution in [3.05, 3.63) is 34.4 Å². The molecule has 1 heterocycles. The summed E-state index contributed by atoms with van der Waals surface area (Å²) in [6.07, 6.45) is -3.26. The molecule has 0 aromatic heterocycles. The van der Waals surface area contributed by atoms with E-state index >= 15 is 0 Å². The molecule has 1 aromatic carbocycles. The smallest absolute Gasteiger partial charge is 0.240 e. The number of alkyl halides is 2. The number of rotatable bonds is 4. The molecule has 1 fully saturated rings. The van der Waals surface area contributed by atoms with Gasteiger partial charge in [0.15, 0.2) is 0 Å². The molecule has 1 atom stereocenters. The number of nitrogens with one attached hydrogen (secondary N) is 1. The maximum absolute atomic E-state index is 14.1. The van der Waals surface area contributed by atoms with E-state index in [1.54, 1.807) is 4.90 Å². The van der Waals surface area contributed by atoms with E-state index in [1.165, 1.54) is 0 Å². The van der Waals surface area contributed by atoms with Crippen molar-refractivity contribution in [2.75, 3.05) is 26.2 Å². The highest BCUT2D eigenvalue weighted by Crippen LogP contribution is 2.34. The third-order valence-corrected chi connectivity index (χ3v) is 3.70. The van der Waals surface area contributed by atoms with Crippen LogP contribution in [-0.2, 0) is 0 Å². The normalized spacial score (nSPS) is 18.5. The van der Waals surface area contributed by atoms with Crippen molar-refractivity contribution in [3.63, 3.8) is 0 Å².